The Balaban J connectivity index is 1.53. The number of hydrogen-bond acceptors (Lipinski definition) is 9. The molecule has 4 aromatic rings. The highest BCUT2D eigenvalue weighted by Gasteiger charge is 2.32. The first-order valence-electron chi connectivity index (χ1n) is 14.2. The number of nitrogens with two attached hydrogens (primary N) is 1. The van der Waals surface area contributed by atoms with E-state index >= 15 is 0 Å². The van der Waals surface area contributed by atoms with E-state index in [-0.39, 0.29) is 43.6 Å². The predicted octanol–water partition coefficient (Wildman–Crippen LogP) is 0.772. The van der Waals surface area contributed by atoms with E-state index in [1.165, 1.54) is 49.3 Å². The van der Waals surface area contributed by atoms with Crippen molar-refractivity contribution < 1.29 is 34.5 Å². The zero-order chi connectivity index (χ0) is 32.3. The number of Topliss-reactive ketones (excluding diaryl/α,β-unsaturated/α-hetero) is 1. The lowest BCUT2D eigenvalue weighted by Gasteiger charge is -2.24. The quantitative estimate of drug-likeness (QED) is 0.0879. The number of carboxylic acid groups (broad SMARTS) is 1. The van der Waals surface area contributed by atoms with Gasteiger partial charge in [0.05, 0.1) is 30.7 Å². The summed E-state index contributed by atoms with van der Waals surface area (Å²) in [5.41, 5.74) is 8.52. The number of phenols is 2. The number of aromatic nitrogens is 4. The first kappa shape index (κ1) is 32.4. The highest BCUT2D eigenvalue weighted by atomic mass is 16.4. The Bertz CT molecular complexity index is 1560. The molecule has 4 atom stereocenters. The molecule has 4 unspecified atom stereocenters. The molecule has 2 aromatic carbocycles. The average molecular weight is 618 g/mol. The molecule has 0 saturated heterocycles. The minimum atomic E-state index is -1.31. The number of ketones is 1. The molecule has 14 heteroatoms. The number of carbonyl (C=O) groups is 4. The number of nitrogens with zero attached hydrogens (tertiary/aromatic N) is 2. The topological polar surface area (TPSA) is 236 Å². The van der Waals surface area contributed by atoms with Crippen molar-refractivity contribution in [1.29, 1.82) is 0 Å². The SMILES string of the molecule is NC(Cc1cnc[nH]1)C(=O)NC(Cc1ccc(O)cc1)C(=O)CC(Cc1cnc[nH]1)C(=O)NC(Cc1ccc(O)cc1)C(=O)O. The van der Waals surface area contributed by atoms with Crippen LogP contribution in [-0.4, -0.2) is 76.9 Å². The maximum absolute atomic E-state index is 13.8. The molecule has 45 heavy (non-hydrogen) atoms. The van der Waals surface area contributed by atoms with Crippen molar-refractivity contribution in [2.24, 2.45) is 11.7 Å². The average Bonchev–Trinajstić information content (AvgIpc) is 3.73. The minimum Gasteiger partial charge on any atom is -0.508 e. The second-order valence-corrected chi connectivity index (χ2v) is 10.7. The third-order valence-corrected chi connectivity index (χ3v) is 7.24. The molecule has 4 rings (SSSR count). The number of nitrogens with one attached hydrogen (secondary N) is 4. The molecule has 0 aliphatic carbocycles. The molecule has 2 amide bonds. The number of aromatic amines is 2. The van der Waals surface area contributed by atoms with Crippen LogP contribution in [0.2, 0.25) is 0 Å². The summed E-state index contributed by atoms with van der Waals surface area (Å²) in [6.45, 7) is 0. The first-order chi connectivity index (χ1) is 21.6. The largest absolute Gasteiger partial charge is 0.508 e. The van der Waals surface area contributed by atoms with Gasteiger partial charge in [0.1, 0.15) is 17.5 Å². The smallest absolute Gasteiger partial charge is 0.326 e. The second-order valence-electron chi connectivity index (χ2n) is 10.7. The number of H-pyrrole nitrogens is 2. The fourth-order valence-electron chi connectivity index (χ4n) is 4.78. The van der Waals surface area contributed by atoms with Crippen LogP contribution in [0.15, 0.2) is 73.6 Å². The molecular formula is C31H35N7O7. The zero-order valence-electron chi connectivity index (χ0n) is 24.2. The van der Waals surface area contributed by atoms with E-state index in [0.717, 1.165) is 0 Å². The van der Waals surface area contributed by atoms with Gasteiger partial charge in [-0.05, 0) is 41.8 Å². The van der Waals surface area contributed by atoms with Gasteiger partial charge in [-0.25, -0.2) is 14.8 Å². The van der Waals surface area contributed by atoms with Crippen molar-refractivity contribution in [2.45, 2.75) is 50.2 Å². The Hall–Kier alpha value is -5.50. The molecular weight excluding hydrogens is 582 g/mol. The number of phenolic OH excluding ortho intramolecular Hbond substituents is 2. The molecule has 9 N–H and O–H groups in total. The van der Waals surface area contributed by atoms with Gasteiger partial charge < -0.3 is 41.7 Å². The number of aliphatic carboxylic acids is 1. The normalized spacial score (nSPS) is 13.7. The number of imidazole rings is 2. The Morgan fingerprint density at radius 1 is 0.711 bits per heavy atom. The van der Waals surface area contributed by atoms with Crippen molar-refractivity contribution in [1.82, 2.24) is 30.6 Å². The molecule has 0 aliphatic rings. The van der Waals surface area contributed by atoms with Gasteiger partial charge in [0, 0.05) is 49.5 Å². The van der Waals surface area contributed by atoms with E-state index in [2.05, 4.69) is 30.6 Å². The molecule has 14 nitrogen and oxygen atoms in total. The maximum atomic E-state index is 13.8. The second kappa shape index (κ2) is 15.3. The standard InChI is InChI=1S/C31H35N7O7/c32-25(13-22-15-34-17-36-22)30(43)37-26(9-18-1-5-23(39)6-2-18)28(41)12-20(11-21-14-33-16-35-21)29(42)38-27(31(44)45)10-19-3-7-24(40)8-4-19/h1-8,14-17,20,25-27,39-40H,9-13,32H2,(H,33,35)(H,34,36)(H,37,43)(H,38,42)(H,44,45). The van der Waals surface area contributed by atoms with Crippen LogP contribution in [-0.2, 0) is 44.9 Å². The lowest BCUT2D eigenvalue weighted by atomic mass is 9.90. The van der Waals surface area contributed by atoms with E-state index < -0.39 is 47.6 Å². The summed E-state index contributed by atoms with van der Waals surface area (Å²) in [4.78, 5) is 66.2. The summed E-state index contributed by atoms with van der Waals surface area (Å²) >= 11 is 0. The third kappa shape index (κ3) is 9.76. The number of amides is 2. The van der Waals surface area contributed by atoms with E-state index in [1.54, 1.807) is 24.3 Å². The Morgan fingerprint density at radius 3 is 1.69 bits per heavy atom. The van der Waals surface area contributed by atoms with Crippen molar-refractivity contribution in [2.75, 3.05) is 0 Å². The van der Waals surface area contributed by atoms with E-state index in [0.29, 0.717) is 22.5 Å². The fourth-order valence-corrected chi connectivity index (χ4v) is 4.78. The van der Waals surface area contributed by atoms with Crippen LogP contribution in [0.3, 0.4) is 0 Å². The molecule has 236 valence electrons. The molecule has 0 spiro atoms. The molecule has 0 saturated carbocycles. The molecule has 2 heterocycles. The van der Waals surface area contributed by atoms with E-state index in [1.807, 2.05) is 0 Å². The first-order valence-corrected chi connectivity index (χ1v) is 14.2. The van der Waals surface area contributed by atoms with Crippen molar-refractivity contribution in [3.05, 3.63) is 96.1 Å². The number of aromatic hydroxyl groups is 2. The summed E-state index contributed by atoms with van der Waals surface area (Å²) in [5, 5.41) is 34.3. The van der Waals surface area contributed by atoms with Gasteiger partial charge in [-0.1, -0.05) is 24.3 Å². The van der Waals surface area contributed by atoms with E-state index in [9.17, 15) is 34.5 Å². The van der Waals surface area contributed by atoms with Gasteiger partial charge in [0.2, 0.25) is 11.8 Å². The molecule has 0 radical (unpaired) electrons. The van der Waals surface area contributed by atoms with Gasteiger partial charge >= 0.3 is 5.97 Å². The maximum Gasteiger partial charge on any atom is 0.326 e. The number of carbonyl (C=O) groups excluding carboxylic acids is 3. The van der Waals surface area contributed by atoms with Crippen LogP contribution in [0.4, 0.5) is 0 Å². The number of carboxylic acids is 1. The molecule has 2 aromatic heterocycles. The monoisotopic (exact) mass is 617 g/mol. The Morgan fingerprint density at radius 2 is 1.20 bits per heavy atom. The van der Waals surface area contributed by atoms with Gasteiger partial charge in [0.15, 0.2) is 5.78 Å². The summed E-state index contributed by atoms with van der Waals surface area (Å²) in [7, 11) is 0. The summed E-state index contributed by atoms with van der Waals surface area (Å²) < 4.78 is 0. The number of rotatable bonds is 16. The minimum absolute atomic E-state index is 0.0176. The Labute approximate surface area is 258 Å². The lowest BCUT2D eigenvalue weighted by molar-refractivity contribution is -0.142. The van der Waals surface area contributed by atoms with Crippen molar-refractivity contribution in [3.8, 4) is 11.5 Å². The highest BCUT2D eigenvalue weighted by Crippen LogP contribution is 2.18. The van der Waals surface area contributed by atoms with Gasteiger partial charge in [-0.3, -0.25) is 14.4 Å². The number of hydrogen-bond donors (Lipinski definition) is 8. The van der Waals surface area contributed by atoms with Crippen LogP contribution in [0.1, 0.15) is 28.9 Å². The van der Waals surface area contributed by atoms with Crippen molar-refractivity contribution in [3.63, 3.8) is 0 Å². The predicted molar refractivity (Wildman–Crippen MR) is 161 cm³/mol. The van der Waals surface area contributed by atoms with Gasteiger partial charge in [-0.15, -0.1) is 0 Å². The third-order valence-electron chi connectivity index (χ3n) is 7.24. The van der Waals surface area contributed by atoms with Gasteiger partial charge in [0.25, 0.3) is 0 Å². The summed E-state index contributed by atoms with van der Waals surface area (Å²) in [6, 6.07) is 8.68. The van der Waals surface area contributed by atoms with E-state index in [4.69, 9.17) is 5.73 Å². The van der Waals surface area contributed by atoms with Crippen LogP contribution in [0.25, 0.3) is 0 Å². The van der Waals surface area contributed by atoms with Crippen LogP contribution in [0.5, 0.6) is 11.5 Å². The number of benzene rings is 2. The van der Waals surface area contributed by atoms with Gasteiger partial charge in [-0.2, -0.15) is 0 Å². The molecule has 0 bridgehead atoms. The van der Waals surface area contributed by atoms with Crippen LogP contribution in [0, 0.1) is 5.92 Å². The zero-order valence-corrected chi connectivity index (χ0v) is 24.2. The molecule has 0 fully saturated rings. The molecule has 0 aliphatic heterocycles. The van der Waals surface area contributed by atoms with Crippen LogP contribution >= 0.6 is 0 Å². The highest BCUT2D eigenvalue weighted by molar-refractivity contribution is 5.94. The van der Waals surface area contributed by atoms with Crippen LogP contribution < -0.4 is 16.4 Å². The fraction of sp³-hybridized carbons (Fsp3) is 0.290. The summed E-state index contributed by atoms with van der Waals surface area (Å²) in [6.07, 6.45) is 5.77. The summed E-state index contributed by atoms with van der Waals surface area (Å²) in [5.74, 6) is -3.97. The lowest BCUT2D eigenvalue weighted by Crippen LogP contribution is -2.51. The Kier molecular flexibility index (Phi) is 11.0. The van der Waals surface area contributed by atoms with Crippen molar-refractivity contribution >= 4 is 23.6 Å².